The van der Waals surface area contributed by atoms with Crippen molar-refractivity contribution in [3.8, 4) is 0 Å². The summed E-state index contributed by atoms with van der Waals surface area (Å²) in [7, 11) is 3.90. The standard InChI is InChI=1S/C27H38FN3O2/c1-26(2,3)16-24(32)29-22-13-14-23(30(7)8)20(15-22)18-31(25(33)27(4,5)6)17-19-9-11-21(28)12-10-19/h9-15H,16-18H2,1-8H3,(H,29,32). The highest BCUT2D eigenvalue weighted by Crippen LogP contribution is 2.28. The molecule has 0 aromatic heterocycles. The Kier molecular flexibility index (Phi) is 8.28. The highest BCUT2D eigenvalue weighted by Gasteiger charge is 2.28. The molecule has 0 aliphatic rings. The van der Waals surface area contributed by atoms with E-state index in [2.05, 4.69) is 5.32 Å². The Bertz CT molecular complexity index is 970. The molecule has 180 valence electrons. The van der Waals surface area contributed by atoms with E-state index in [9.17, 15) is 14.0 Å². The summed E-state index contributed by atoms with van der Waals surface area (Å²) in [5, 5.41) is 2.99. The molecule has 1 N–H and O–H groups in total. The van der Waals surface area contributed by atoms with E-state index < -0.39 is 5.41 Å². The van der Waals surface area contributed by atoms with E-state index in [1.54, 1.807) is 17.0 Å². The molecule has 6 heteroatoms. The van der Waals surface area contributed by atoms with E-state index in [4.69, 9.17) is 0 Å². The van der Waals surface area contributed by atoms with Gasteiger partial charge in [-0.15, -0.1) is 0 Å². The normalized spacial score (nSPS) is 11.8. The SMILES string of the molecule is CN(C)c1ccc(NC(=O)CC(C)(C)C)cc1CN(Cc1ccc(F)cc1)C(=O)C(C)(C)C. The molecule has 0 aliphatic carbocycles. The Labute approximate surface area is 198 Å². The number of carbonyl (C=O) groups is 2. The van der Waals surface area contributed by atoms with Gasteiger partial charge in [-0.2, -0.15) is 0 Å². The van der Waals surface area contributed by atoms with Crippen LogP contribution >= 0.6 is 0 Å². The number of hydrogen-bond acceptors (Lipinski definition) is 3. The van der Waals surface area contributed by atoms with Crippen LogP contribution in [0.25, 0.3) is 0 Å². The van der Waals surface area contributed by atoms with Crippen molar-refractivity contribution < 1.29 is 14.0 Å². The van der Waals surface area contributed by atoms with Gasteiger partial charge in [0.1, 0.15) is 5.82 Å². The van der Waals surface area contributed by atoms with Crippen molar-refractivity contribution in [1.82, 2.24) is 4.90 Å². The van der Waals surface area contributed by atoms with Crippen LogP contribution in [0.4, 0.5) is 15.8 Å². The monoisotopic (exact) mass is 455 g/mol. The fourth-order valence-corrected chi connectivity index (χ4v) is 3.60. The molecule has 2 rings (SSSR count). The minimum Gasteiger partial charge on any atom is -0.377 e. The predicted octanol–water partition coefficient (Wildman–Crippen LogP) is 5.84. The molecule has 0 bridgehead atoms. The number of hydrogen-bond donors (Lipinski definition) is 1. The second-order valence-electron chi connectivity index (χ2n) is 11.1. The number of nitrogens with one attached hydrogen (secondary N) is 1. The number of amides is 2. The van der Waals surface area contributed by atoms with Crippen LogP contribution in [0.15, 0.2) is 42.5 Å². The first kappa shape index (κ1) is 26.4. The van der Waals surface area contributed by atoms with Crippen molar-refractivity contribution >= 4 is 23.2 Å². The fourth-order valence-electron chi connectivity index (χ4n) is 3.60. The number of benzene rings is 2. The van der Waals surface area contributed by atoms with E-state index in [0.29, 0.717) is 25.2 Å². The van der Waals surface area contributed by atoms with Crippen LogP contribution in [-0.2, 0) is 22.7 Å². The lowest BCUT2D eigenvalue weighted by Gasteiger charge is -2.31. The van der Waals surface area contributed by atoms with E-state index in [0.717, 1.165) is 16.8 Å². The van der Waals surface area contributed by atoms with Crippen LogP contribution in [0, 0.1) is 16.6 Å². The summed E-state index contributed by atoms with van der Waals surface area (Å²) in [6.45, 7) is 12.5. The Hall–Kier alpha value is -2.89. The molecule has 0 atom stereocenters. The molecule has 0 fully saturated rings. The quantitative estimate of drug-likeness (QED) is 0.570. The van der Waals surface area contributed by atoms with Gasteiger partial charge >= 0.3 is 0 Å². The van der Waals surface area contributed by atoms with Gasteiger partial charge in [-0.1, -0.05) is 53.7 Å². The van der Waals surface area contributed by atoms with E-state index in [1.807, 2.05) is 78.7 Å². The lowest BCUT2D eigenvalue weighted by molar-refractivity contribution is -0.140. The fraction of sp³-hybridized carbons (Fsp3) is 0.481. The van der Waals surface area contributed by atoms with Gasteiger partial charge in [0.15, 0.2) is 0 Å². The van der Waals surface area contributed by atoms with Crippen molar-refractivity contribution in [2.24, 2.45) is 10.8 Å². The van der Waals surface area contributed by atoms with Crippen molar-refractivity contribution in [3.05, 3.63) is 59.4 Å². The minimum absolute atomic E-state index is 0.00120. The van der Waals surface area contributed by atoms with Crippen LogP contribution in [0.1, 0.15) is 59.1 Å². The number of carbonyl (C=O) groups excluding carboxylic acids is 2. The number of rotatable bonds is 7. The Morgan fingerprint density at radius 3 is 2.03 bits per heavy atom. The molecule has 0 spiro atoms. The minimum atomic E-state index is -0.573. The van der Waals surface area contributed by atoms with Crippen molar-refractivity contribution in [3.63, 3.8) is 0 Å². The molecule has 2 aromatic rings. The van der Waals surface area contributed by atoms with Crippen LogP contribution in [0.5, 0.6) is 0 Å². The second kappa shape index (κ2) is 10.4. The van der Waals surface area contributed by atoms with Gasteiger partial charge in [0.05, 0.1) is 0 Å². The molecule has 0 unspecified atom stereocenters. The molecular weight excluding hydrogens is 417 g/mol. The van der Waals surface area contributed by atoms with Crippen LogP contribution in [0.3, 0.4) is 0 Å². The molecule has 33 heavy (non-hydrogen) atoms. The molecule has 0 radical (unpaired) electrons. The summed E-state index contributed by atoms with van der Waals surface area (Å²) in [4.78, 5) is 29.6. The number of nitrogens with zero attached hydrogens (tertiary/aromatic N) is 2. The third-order valence-corrected chi connectivity index (χ3v) is 5.11. The maximum absolute atomic E-state index is 13.4. The van der Waals surface area contributed by atoms with Crippen LogP contribution < -0.4 is 10.2 Å². The number of halogens is 1. The van der Waals surface area contributed by atoms with Crippen LogP contribution in [0.2, 0.25) is 0 Å². The molecule has 0 heterocycles. The summed E-state index contributed by atoms with van der Waals surface area (Å²) >= 11 is 0. The van der Waals surface area contributed by atoms with Gasteiger partial charge in [0, 0.05) is 50.4 Å². The first-order valence-corrected chi connectivity index (χ1v) is 11.3. The predicted molar refractivity (Wildman–Crippen MR) is 134 cm³/mol. The third kappa shape index (κ3) is 8.19. The van der Waals surface area contributed by atoms with Gasteiger partial charge in [0.25, 0.3) is 0 Å². The second-order valence-corrected chi connectivity index (χ2v) is 11.1. The average Bonchev–Trinajstić information content (AvgIpc) is 2.66. The van der Waals surface area contributed by atoms with Gasteiger partial charge < -0.3 is 15.1 Å². The highest BCUT2D eigenvalue weighted by atomic mass is 19.1. The molecule has 0 saturated carbocycles. The Morgan fingerprint density at radius 1 is 0.909 bits per heavy atom. The maximum atomic E-state index is 13.4. The van der Waals surface area contributed by atoms with Crippen molar-refractivity contribution in [2.45, 2.75) is 61.1 Å². The lowest BCUT2D eigenvalue weighted by atomic mass is 9.92. The summed E-state index contributed by atoms with van der Waals surface area (Å²) in [6, 6.07) is 12.0. The largest absolute Gasteiger partial charge is 0.377 e. The molecule has 0 saturated heterocycles. The van der Waals surface area contributed by atoms with E-state index >= 15 is 0 Å². The summed E-state index contributed by atoms with van der Waals surface area (Å²) < 4.78 is 13.4. The Balaban J connectivity index is 2.38. The third-order valence-electron chi connectivity index (χ3n) is 5.11. The first-order chi connectivity index (χ1) is 15.2. The van der Waals surface area contributed by atoms with Gasteiger partial charge in [-0.3, -0.25) is 9.59 Å². The zero-order valence-corrected chi connectivity index (χ0v) is 21.3. The highest BCUT2D eigenvalue weighted by molar-refractivity contribution is 5.91. The summed E-state index contributed by atoms with van der Waals surface area (Å²) in [5.74, 6) is -0.347. The molecule has 2 amide bonds. The zero-order valence-electron chi connectivity index (χ0n) is 21.3. The zero-order chi connectivity index (χ0) is 25.0. The smallest absolute Gasteiger partial charge is 0.228 e. The Morgan fingerprint density at radius 2 is 1.52 bits per heavy atom. The van der Waals surface area contributed by atoms with E-state index in [-0.39, 0.29) is 23.0 Å². The molecular formula is C27H38FN3O2. The molecule has 2 aromatic carbocycles. The van der Waals surface area contributed by atoms with Crippen molar-refractivity contribution in [1.29, 1.82) is 0 Å². The van der Waals surface area contributed by atoms with Gasteiger partial charge in [0.2, 0.25) is 11.8 Å². The number of anilines is 2. The van der Waals surface area contributed by atoms with Crippen molar-refractivity contribution in [2.75, 3.05) is 24.3 Å². The summed E-state index contributed by atoms with van der Waals surface area (Å²) in [5.41, 5.74) is 2.77. The van der Waals surface area contributed by atoms with Gasteiger partial charge in [-0.05, 0) is 46.9 Å². The average molecular weight is 456 g/mol. The van der Waals surface area contributed by atoms with E-state index in [1.165, 1.54) is 12.1 Å². The summed E-state index contributed by atoms with van der Waals surface area (Å²) in [6.07, 6.45) is 0.414. The lowest BCUT2D eigenvalue weighted by Crippen LogP contribution is -2.39. The molecule has 5 nitrogen and oxygen atoms in total. The van der Waals surface area contributed by atoms with Gasteiger partial charge in [-0.25, -0.2) is 4.39 Å². The first-order valence-electron chi connectivity index (χ1n) is 11.3. The maximum Gasteiger partial charge on any atom is 0.228 e. The molecule has 0 aliphatic heterocycles. The van der Waals surface area contributed by atoms with Crippen LogP contribution in [-0.4, -0.2) is 30.8 Å². The topological polar surface area (TPSA) is 52.7 Å².